The Morgan fingerprint density at radius 2 is 1.85 bits per heavy atom. The van der Waals surface area contributed by atoms with Gasteiger partial charge in [-0.25, -0.2) is 14.1 Å². The molecule has 0 aliphatic heterocycles. The Bertz CT molecular complexity index is 999. The van der Waals surface area contributed by atoms with Gasteiger partial charge < -0.3 is 10.6 Å². The van der Waals surface area contributed by atoms with Gasteiger partial charge in [-0.15, -0.1) is 0 Å². The fraction of sp³-hybridized carbons (Fsp3) is 0.158. The van der Waals surface area contributed by atoms with Crippen LogP contribution in [0.2, 0.25) is 0 Å². The van der Waals surface area contributed by atoms with Crippen molar-refractivity contribution in [3.8, 4) is 5.69 Å². The van der Waals surface area contributed by atoms with E-state index in [-0.39, 0.29) is 23.1 Å². The highest BCUT2D eigenvalue weighted by Crippen LogP contribution is 2.30. The van der Waals surface area contributed by atoms with E-state index in [0.29, 0.717) is 11.4 Å². The van der Waals surface area contributed by atoms with Crippen molar-refractivity contribution < 1.29 is 14.0 Å². The van der Waals surface area contributed by atoms with Crippen molar-refractivity contribution in [3.63, 3.8) is 0 Å². The third kappa shape index (κ3) is 3.84. The summed E-state index contributed by atoms with van der Waals surface area (Å²) in [5, 5.41) is 9.40. The first-order chi connectivity index (χ1) is 13.1. The Labute approximate surface area is 154 Å². The van der Waals surface area contributed by atoms with Crippen LogP contribution in [0.5, 0.6) is 0 Å². The molecule has 1 saturated carbocycles. The van der Waals surface area contributed by atoms with Crippen LogP contribution in [0.15, 0.2) is 55.1 Å². The number of anilines is 2. The van der Waals surface area contributed by atoms with E-state index < -0.39 is 11.7 Å². The van der Waals surface area contributed by atoms with Crippen LogP contribution in [0.3, 0.4) is 0 Å². The van der Waals surface area contributed by atoms with Gasteiger partial charge in [0.05, 0.1) is 0 Å². The molecule has 7 nitrogen and oxygen atoms in total. The maximum Gasteiger partial charge on any atom is 0.255 e. The number of rotatable bonds is 5. The van der Waals surface area contributed by atoms with Gasteiger partial charge in [0, 0.05) is 22.9 Å². The Balaban J connectivity index is 1.47. The summed E-state index contributed by atoms with van der Waals surface area (Å²) in [6, 6.07) is 11.0. The second-order valence-electron chi connectivity index (χ2n) is 6.30. The van der Waals surface area contributed by atoms with Crippen LogP contribution in [0.4, 0.5) is 15.8 Å². The smallest absolute Gasteiger partial charge is 0.255 e. The minimum Gasteiger partial charge on any atom is -0.326 e. The lowest BCUT2D eigenvalue weighted by molar-refractivity contribution is -0.117. The Morgan fingerprint density at radius 3 is 2.52 bits per heavy atom. The van der Waals surface area contributed by atoms with Crippen LogP contribution in [0.25, 0.3) is 5.69 Å². The molecule has 3 aromatic rings. The van der Waals surface area contributed by atoms with E-state index >= 15 is 0 Å². The van der Waals surface area contributed by atoms with Crippen LogP contribution in [0, 0.1) is 11.7 Å². The quantitative estimate of drug-likeness (QED) is 0.727. The van der Waals surface area contributed by atoms with E-state index in [1.165, 1.54) is 29.5 Å². The number of carbonyl (C=O) groups excluding carboxylic acids is 2. The van der Waals surface area contributed by atoms with Crippen LogP contribution in [0.1, 0.15) is 23.2 Å². The molecule has 4 rings (SSSR count). The third-order valence-corrected chi connectivity index (χ3v) is 4.21. The Kier molecular flexibility index (Phi) is 4.37. The van der Waals surface area contributed by atoms with Gasteiger partial charge in [-0.2, -0.15) is 5.10 Å². The third-order valence-electron chi connectivity index (χ3n) is 4.21. The number of nitrogens with one attached hydrogen (secondary N) is 2. The van der Waals surface area contributed by atoms with Gasteiger partial charge in [0.1, 0.15) is 24.2 Å². The molecule has 27 heavy (non-hydrogen) atoms. The lowest BCUT2D eigenvalue weighted by Crippen LogP contribution is -2.15. The summed E-state index contributed by atoms with van der Waals surface area (Å²) in [7, 11) is 0. The van der Waals surface area contributed by atoms with Gasteiger partial charge in [-0.1, -0.05) is 6.07 Å². The van der Waals surface area contributed by atoms with Crippen molar-refractivity contribution in [2.75, 3.05) is 10.6 Å². The summed E-state index contributed by atoms with van der Waals surface area (Å²) in [5.74, 6) is -0.956. The molecule has 1 aromatic heterocycles. The van der Waals surface area contributed by atoms with E-state index in [1.807, 2.05) is 0 Å². The molecule has 0 atom stereocenters. The zero-order valence-corrected chi connectivity index (χ0v) is 14.2. The molecule has 1 heterocycles. The normalized spacial score (nSPS) is 13.2. The van der Waals surface area contributed by atoms with Crippen molar-refractivity contribution in [1.82, 2.24) is 14.8 Å². The minimum absolute atomic E-state index is 0.00996. The zero-order chi connectivity index (χ0) is 18.8. The van der Waals surface area contributed by atoms with Crippen molar-refractivity contribution >= 4 is 23.2 Å². The van der Waals surface area contributed by atoms with Crippen LogP contribution >= 0.6 is 0 Å². The van der Waals surface area contributed by atoms with E-state index in [2.05, 4.69) is 20.7 Å². The topological polar surface area (TPSA) is 88.9 Å². The number of amides is 2. The first-order valence-electron chi connectivity index (χ1n) is 8.47. The largest absolute Gasteiger partial charge is 0.326 e. The molecule has 0 bridgehead atoms. The second kappa shape index (κ2) is 6.99. The zero-order valence-electron chi connectivity index (χ0n) is 14.2. The van der Waals surface area contributed by atoms with Crippen LogP contribution in [-0.2, 0) is 4.79 Å². The predicted molar refractivity (Wildman–Crippen MR) is 97.1 cm³/mol. The summed E-state index contributed by atoms with van der Waals surface area (Å²) in [5.41, 5.74) is 1.49. The molecule has 0 spiro atoms. The molecule has 2 N–H and O–H groups in total. The summed E-state index contributed by atoms with van der Waals surface area (Å²) in [6.45, 7) is 0. The minimum atomic E-state index is -0.585. The Hall–Kier alpha value is -3.55. The number of hydrogen-bond acceptors (Lipinski definition) is 4. The van der Waals surface area contributed by atoms with Crippen molar-refractivity contribution in [3.05, 3.63) is 66.5 Å². The highest BCUT2D eigenvalue weighted by molar-refractivity contribution is 6.05. The lowest BCUT2D eigenvalue weighted by Gasteiger charge is -2.09. The van der Waals surface area contributed by atoms with E-state index in [9.17, 15) is 14.0 Å². The van der Waals surface area contributed by atoms with Crippen LogP contribution in [-0.4, -0.2) is 26.6 Å². The van der Waals surface area contributed by atoms with Crippen molar-refractivity contribution in [1.29, 1.82) is 0 Å². The van der Waals surface area contributed by atoms with Gasteiger partial charge >= 0.3 is 0 Å². The first kappa shape index (κ1) is 16.9. The molecule has 0 radical (unpaired) electrons. The lowest BCUT2D eigenvalue weighted by atomic mass is 10.1. The monoisotopic (exact) mass is 365 g/mol. The summed E-state index contributed by atoms with van der Waals surface area (Å²) >= 11 is 0. The molecule has 1 aliphatic carbocycles. The highest BCUT2D eigenvalue weighted by atomic mass is 19.1. The van der Waals surface area contributed by atoms with E-state index in [4.69, 9.17) is 0 Å². The van der Waals surface area contributed by atoms with Gasteiger partial charge in [0.25, 0.3) is 5.91 Å². The maximum atomic E-state index is 14.3. The summed E-state index contributed by atoms with van der Waals surface area (Å²) in [6.07, 6.45) is 4.51. The molecule has 2 aromatic carbocycles. The molecule has 1 aliphatic rings. The van der Waals surface area contributed by atoms with Gasteiger partial charge in [0.2, 0.25) is 5.91 Å². The maximum absolute atomic E-state index is 14.3. The first-order valence-corrected chi connectivity index (χ1v) is 8.47. The molecule has 2 amide bonds. The number of carbonyl (C=O) groups is 2. The average Bonchev–Trinajstić information content (AvgIpc) is 3.37. The number of benzene rings is 2. The van der Waals surface area contributed by atoms with Crippen molar-refractivity contribution in [2.24, 2.45) is 5.92 Å². The number of aromatic nitrogens is 3. The average molecular weight is 365 g/mol. The molecular formula is C19H16FN5O2. The number of hydrogen-bond donors (Lipinski definition) is 2. The standard InChI is InChI=1S/C19H16FN5O2/c20-16-8-13(6-7-17(16)25-11-21-10-22-25)19(27)24-15-3-1-2-14(9-15)23-18(26)12-4-5-12/h1-3,6-12H,4-5H2,(H,23,26)(H,24,27). The SMILES string of the molecule is O=C(Nc1cccc(NC(=O)C2CC2)c1)c1ccc(-n2cncn2)c(F)c1. The Morgan fingerprint density at radius 1 is 1.07 bits per heavy atom. The molecule has 0 saturated heterocycles. The van der Waals surface area contributed by atoms with Gasteiger partial charge in [-0.05, 0) is 49.2 Å². The molecule has 0 unspecified atom stereocenters. The van der Waals surface area contributed by atoms with Crippen LogP contribution < -0.4 is 10.6 Å². The number of halogens is 1. The predicted octanol–water partition coefficient (Wildman–Crippen LogP) is 3.01. The summed E-state index contributed by atoms with van der Waals surface area (Å²) in [4.78, 5) is 28.0. The van der Waals surface area contributed by atoms with Crippen molar-refractivity contribution in [2.45, 2.75) is 12.8 Å². The molecule has 1 fully saturated rings. The fourth-order valence-corrected chi connectivity index (χ4v) is 2.63. The molecule has 136 valence electrons. The van der Waals surface area contributed by atoms with Gasteiger partial charge in [0.15, 0.2) is 0 Å². The van der Waals surface area contributed by atoms with Gasteiger partial charge in [-0.3, -0.25) is 9.59 Å². The summed E-state index contributed by atoms with van der Waals surface area (Å²) < 4.78 is 15.6. The molecule has 8 heteroatoms. The fourth-order valence-electron chi connectivity index (χ4n) is 2.63. The number of nitrogens with zero attached hydrogens (tertiary/aromatic N) is 3. The second-order valence-corrected chi connectivity index (χ2v) is 6.30. The molecular weight excluding hydrogens is 349 g/mol. The van der Waals surface area contributed by atoms with E-state index in [1.54, 1.807) is 24.3 Å². The van der Waals surface area contributed by atoms with E-state index in [0.717, 1.165) is 18.9 Å². The highest BCUT2D eigenvalue weighted by Gasteiger charge is 2.29.